The van der Waals surface area contributed by atoms with E-state index in [2.05, 4.69) is 34.3 Å². The van der Waals surface area contributed by atoms with Crippen LogP contribution < -0.4 is 4.72 Å². The minimum Gasteiger partial charge on any atom is -0.465 e. The van der Waals surface area contributed by atoms with Crippen LogP contribution in [-0.2, 0) is 14.7 Å². The number of nitrogens with zero attached hydrogens (tertiary/aromatic N) is 1. The van der Waals surface area contributed by atoms with Crippen LogP contribution in [0.1, 0.15) is 41.5 Å². The maximum Gasteiger partial charge on any atom is 0.337 e. The van der Waals surface area contributed by atoms with Gasteiger partial charge in [0, 0.05) is 0 Å². The van der Waals surface area contributed by atoms with Crippen molar-refractivity contribution >= 4 is 30.0 Å². The largest absolute Gasteiger partial charge is 0.465 e. The number of methoxy groups -OCH3 is 1. The monoisotopic (exact) mass is 354 g/mol. The second kappa shape index (κ2) is 5.45. The Morgan fingerprint density at radius 3 is 2.43 bits per heavy atom. The van der Waals surface area contributed by atoms with E-state index in [0.717, 1.165) is 0 Å². The van der Waals surface area contributed by atoms with E-state index in [9.17, 15) is 13.8 Å². The van der Waals surface area contributed by atoms with Gasteiger partial charge in [0.05, 0.1) is 23.1 Å². The average Bonchev–Trinajstić information content (AvgIpc) is 2.67. The van der Waals surface area contributed by atoms with Crippen LogP contribution in [-0.4, -0.2) is 31.4 Å². The van der Waals surface area contributed by atoms with Gasteiger partial charge in [-0.15, -0.1) is 0 Å². The number of fused-ring (bicyclic) bond motifs is 1. The van der Waals surface area contributed by atoms with Gasteiger partial charge in [-0.2, -0.15) is 0 Å². The van der Waals surface area contributed by atoms with Crippen molar-refractivity contribution < 1.29 is 18.5 Å². The molecule has 0 saturated carbocycles. The van der Waals surface area contributed by atoms with E-state index < -0.39 is 30.0 Å². The minimum absolute atomic E-state index is 0.100. The second-order valence-corrected chi connectivity index (χ2v) is 14.1. The number of hydrogen-bond acceptors (Lipinski definition) is 5. The van der Waals surface area contributed by atoms with Gasteiger partial charge in [-0.25, -0.2) is 9.00 Å². The number of amides is 1. The highest BCUT2D eigenvalue weighted by Crippen LogP contribution is 2.39. The number of carbonyl (C=O) groups excluding carboxylic acids is 2. The van der Waals surface area contributed by atoms with E-state index in [1.807, 2.05) is 13.1 Å². The van der Waals surface area contributed by atoms with Crippen LogP contribution in [0, 0.1) is 0 Å². The molecule has 1 heterocycles. The van der Waals surface area contributed by atoms with Crippen LogP contribution in [0.25, 0.3) is 0 Å². The van der Waals surface area contributed by atoms with E-state index in [1.165, 1.54) is 25.3 Å². The smallest absolute Gasteiger partial charge is 0.337 e. The molecule has 1 aromatic rings. The highest BCUT2D eigenvalue weighted by Gasteiger charge is 2.40. The van der Waals surface area contributed by atoms with Gasteiger partial charge in [0.15, 0.2) is 18.2 Å². The van der Waals surface area contributed by atoms with Gasteiger partial charge < -0.3 is 4.74 Å². The lowest BCUT2D eigenvalue weighted by molar-refractivity contribution is 0.0600. The third-order valence-electron chi connectivity index (χ3n) is 4.37. The van der Waals surface area contributed by atoms with E-state index in [1.54, 1.807) is 0 Å². The summed E-state index contributed by atoms with van der Waals surface area (Å²) in [6.45, 7) is 10.2. The number of ether oxygens (including phenoxy) is 1. The van der Waals surface area contributed by atoms with Gasteiger partial charge in [-0.3, -0.25) is 13.5 Å². The number of carbonyl (C=O) groups is 2. The summed E-state index contributed by atoms with van der Waals surface area (Å²) >= 11 is 0. The molecule has 0 fully saturated rings. The van der Waals surface area contributed by atoms with Crippen molar-refractivity contribution in [2.24, 2.45) is 4.03 Å². The first-order valence-electron chi connectivity index (χ1n) is 7.24. The summed E-state index contributed by atoms with van der Waals surface area (Å²) in [4.78, 5) is 24.1. The zero-order valence-electron chi connectivity index (χ0n) is 14.2. The molecule has 23 heavy (non-hydrogen) atoms. The third-order valence-corrected chi connectivity index (χ3v) is 12.3. The Balaban J connectivity index is 2.63. The number of rotatable bonds is 2. The fourth-order valence-corrected chi connectivity index (χ4v) is 7.38. The Morgan fingerprint density at radius 2 is 1.91 bits per heavy atom. The van der Waals surface area contributed by atoms with Crippen molar-refractivity contribution in [1.29, 1.82) is 0 Å². The normalized spacial score (nSPS) is 20.7. The molecule has 1 unspecified atom stereocenters. The van der Waals surface area contributed by atoms with Crippen molar-refractivity contribution in [3.8, 4) is 0 Å². The van der Waals surface area contributed by atoms with E-state index in [4.69, 9.17) is 0 Å². The lowest BCUT2D eigenvalue weighted by Gasteiger charge is -2.32. The van der Waals surface area contributed by atoms with Crippen LogP contribution in [0.15, 0.2) is 27.1 Å². The molecule has 1 aliphatic heterocycles. The Kier molecular flexibility index (Phi) is 4.19. The number of benzene rings is 1. The first-order valence-corrected chi connectivity index (χ1v) is 11.7. The third kappa shape index (κ3) is 3.05. The molecule has 0 spiro atoms. The lowest BCUT2D eigenvalue weighted by Crippen LogP contribution is -2.38. The van der Waals surface area contributed by atoms with E-state index >= 15 is 0 Å². The van der Waals surface area contributed by atoms with Gasteiger partial charge in [0.1, 0.15) is 0 Å². The zero-order valence-corrected chi connectivity index (χ0v) is 16.0. The van der Waals surface area contributed by atoms with Crippen molar-refractivity contribution in [2.75, 3.05) is 7.11 Å². The quantitative estimate of drug-likeness (QED) is 0.653. The molecule has 6 nitrogen and oxygen atoms in total. The lowest BCUT2D eigenvalue weighted by atomic mass is 10.1. The molecular weight excluding hydrogens is 332 g/mol. The van der Waals surface area contributed by atoms with Crippen LogP contribution in [0.3, 0.4) is 0 Å². The minimum atomic E-state index is -3.02. The molecule has 1 atom stereocenters. The molecule has 0 saturated heterocycles. The molecule has 1 aromatic carbocycles. The number of nitrogens with one attached hydrogen (secondary N) is 1. The topological polar surface area (TPSA) is 84.8 Å². The average molecular weight is 355 g/mol. The molecule has 126 valence electrons. The molecule has 8 heteroatoms. The van der Waals surface area contributed by atoms with Crippen molar-refractivity contribution in [3.05, 3.63) is 29.3 Å². The van der Waals surface area contributed by atoms with Crippen molar-refractivity contribution in [2.45, 2.75) is 43.8 Å². The zero-order chi connectivity index (χ0) is 17.6. The molecule has 0 bridgehead atoms. The fraction of sp³-hybridized carbons (Fsp3) is 0.467. The highest BCUT2D eigenvalue weighted by atomic mass is 32.2. The molecule has 1 N–H and O–H groups in total. The molecule has 0 radical (unpaired) electrons. The van der Waals surface area contributed by atoms with Gasteiger partial charge >= 0.3 is 5.97 Å². The summed E-state index contributed by atoms with van der Waals surface area (Å²) in [5.74, 6) is -1.02. The van der Waals surface area contributed by atoms with Crippen LogP contribution in [0.5, 0.6) is 0 Å². The molecular formula is C15H22N2O4SSi. The fourth-order valence-electron chi connectivity index (χ4n) is 1.96. The number of hydrogen-bond donors (Lipinski definition) is 1. The van der Waals surface area contributed by atoms with E-state index in [0.29, 0.717) is 4.90 Å². The first kappa shape index (κ1) is 17.7. The second-order valence-electron chi connectivity index (χ2n) is 7.06. The van der Waals surface area contributed by atoms with Crippen LogP contribution in [0.2, 0.25) is 18.1 Å². The van der Waals surface area contributed by atoms with E-state index in [-0.39, 0.29) is 16.2 Å². The Bertz CT molecular complexity index is 802. The van der Waals surface area contributed by atoms with Gasteiger partial charge in [-0.1, -0.05) is 20.8 Å². The first-order chi connectivity index (χ1) is 10.4. The summed E-state index contributed by atoms with van der Waals surface area (Å²) in [6, 6.07) is 4.44. The Morgan fingerprint density at radius 1 is 1.30 bits per heavy atom. The van der Waals surface area contributed by atoms with Gasteiger partial charge in [-0.05, 0) is 36.3 Å². The molecule has 0 aromatic heterocycles. The van der Waals surface area contributed by atoms with Crippen molar-refractivity contribution in [3.63, 3.8) is 0 Å². The molecule has 1 amide bonds. The van der Waals surface area contributed by atoms with Crippen LogP contribution in [0.4, 0.5) is 0 Å². The Hall–Kier alpha value is -1.67. The maximum absolute atomic E-state index is 13.3. The molecule has 2 rings (SSSR count). The Labute approximate surface area is 138 Å². The summed E-state index contributed by atoms with van der Waals surface area (Å²) in [6.07, 6.45) is 0. The van der Waals surface area contributed by atoms with Crippen LogP contribution >= 0.6 is 0 Å². The summed E-state index contributed by atoms with van der Waals surface area (Å²) in [5.41, 5.74) is 0.470. The predicted molar refractivity (Wildman–Crippen MR) is 91.3 cm³/mol. The highest BCUT2D eigenvalue weighted by molar-refractivity contribution is 7.93. The summed E-state index contributed by atoms with van der Waals surface area (Å²) in [5, 5.41) is -0.100. The predicted octanol–water partition coefficient (Wildman–Crippen LogP) is 2.96. The molecule has 1 aliphatic rings. The standard InChI is InChI=1S/C15H22N2O4SSi/c1-15(2,3)23(5,6)17-22(20)12-8-7-10(14(19)21-4)9-11(12)13(18)16-22/h7-9H,1-6H3,(H,16,17,18,20). The SMILES string of the molecule is COC(=O)c1ccc2c(c1)C(=O)NS2(=O)=N[Si](C)(C)C(C)(C)C. The summed E-state index contributed by atoms with van der Waals surface area (Å²) in [7, 11) is -3.99. The number of esters is 1. The van der Waals surface area contributed by atoms with Crippen molar-refractivity contribution in [1.82, 2.24) is 4.72 Å². The van der Waals surface area contributed by atoms with Gasteiger partial charge in [0.2, 0.25) is 0 Å². The summed E-state index contributed by atoms with van der Waals surface area (Å²) < 4.78 is 25.0. The molecule has 0 aliphatic carbocycles. The maximum atomic E-state index is 13.3. The van der Waals surface area contributed by atoms with Gasteiger partial charge in [0.25, 0.3) is 5.91 Å².